The van der Waals surface area contributed by atoms with Gasteiger partial charge in [-0.3, -0.25) is 9.59 Å². The summed E-state index contributed by atoms with van der Waals surface area (Å²) in [5, 5.41) is 3.57. The lowest BCUT2D eigenvalue weighted by Gasteiger charge is -2.32. The molecule has 1 saturated heterocycles. The van der Waals surface area contributed by atoms with Crippen molar-refractivity contribution in [1.29, 1.82) is 0 Å². The molecule has 0 radical (unpaired) electrons. The van der Waals surface area contributed by atoms with Crippen molar-refractivity contribution >= 4 is 23.4 Å². The number of piperidine rings is 1. The van der Waals surface area contributed by atoms with Gasteiger partial charge in [0.1, 0.15) is 5.75 Å². The number of halogens is 1. The van der Waals surface area contributed by atoms with Crippen LogP contribution in [0.5, 0.6) is 5.75 Å². The van der Waals surface area contributed by atoms with E-state index in [0.717, 1.165) is 29.7 Å². The predicted octanol–water partition coefficient (Wildman–Crippen LogP) is 4.54. The Labute approximate surface area is 183 Å². The molecule has 1 heterocycles. The molecular weight excluding hydrogens is 400 g/mol. The van der Waals surface area contributed by atoms with Gasteiger partial charge in [0.2, 0.25) is 5.91 Å². The lowest BCUT2D eigenvalue weighted by Crippen LogP contribution is -2.46. The Morgan fingerprint density at radius 2 is 1.73 bits per heavy atom. The maximum atomic E-state index is 12.6. The van der Waals surface area contributed by atoms with Crippen LogP contribution in [0.3, 0.4) is 0 Å². The molecule has 0 aliphatic carbocycles. The van der Waals surface area contributed by atoms with E-state index in [-0.39, 0.29) is 17.9 Å². The molecule has 5 nitrogen and oxygen atoms in total. The fourth-order valence-corrected chi connectivity index (χ4v) is 3.98. The number of nitrogens with zero attached hydrogens (tertiary/aromatic N) is 1. The highest BCUT2D eigenvalue weighted by atomic mass is 35.5. The fraction of sp³-hybridized carbons (Fsp3) is 0.417. The van der Waals surface area contributed by atoms with Gasteiger partial charge >= 0.3 is 0 Å². The number of hydrogen-bond donors (Lipinski definition) is 1. The molecule has 160 valence electrons. The molecule has 0 unspecified atom stereocenters. The Bertz CT molecular complexity index is 872. The highest BCUT2D eigenvalue weighted by Crippen LogP contribution is 2.23. The fourth-order valence-electron chi connectivity index (χ4n) is 3.77. The van der Waals surface area contributed by atoms with Crippen LogP contribution >= 0.6 is 11.6 Å². The Morgan fingerprint density at radius 3 is 2.40 bits per heavy atom. The van der Waals surface area contributed by atoms with Crippen molar-refractivity contribution in [3.63, 3.8) is 0 Å². The Kier molecular flexibility index (Phi) is 7.75. The van der Waals surface area contributed by atoms with Crippen LogP contribution in [0.25, 0.3) is 0 Å². The third kappa shape index (κ3) is 5.76. The van der Waals surface area contributed by atoms with Crippen molar-refractivity contribution in [2.24, 2.45) is 0 Å². The number of rotatable bonds is 7. The monoisotopic (exact) mass is 428 g/mol. The third-order valence-corrected chi connectivity index (χ3v) is 5.78. The third-order valence-electron chi connectivity index (χ3n) is 5.45. The van der Waals surface area contributed by atoms with E-state index in [0.29, 0.717) is 43.1 Å². The van der Waals surface area contributed by atoms with Crippen molar-refractivity contribution in [3.05, 3.63) is 64.2 Å². The van der Waals surface area contributed by atoms with Crippen molar-refractivity contribution in [1.82, 2.24) is 10.2 Å². The van der Waals surface area contributed by atoms with Crippen LogP contribution in [0.4, 0.5) is 0 Å². The van der Waals surface area contributed by atoms with Crippen LogP contribution in [0, 0.1) is 13.8 Å². The molecule has 0 spiro atoms. The molecule has 1 aliphatic rings. The van der Waals surface area contributed by atoms with Crippen LogP contribution < -0.4 is 10.1 Å². The number of aryl methyl sites for hydroxylation is 2. The van der Waals surface area contributed by atoms with Crippen LogP contribution in [-0.4, -0.2) is 42.5 Å². The molecule has 0 saturated carbocycles. The van der Waals surface area contributed by atoms with Gasteiger partial charge in [0, 0.05) is 25.6 Å². The molecule has 1 fully saturated rings. The van der Waals surface area contributed by atoms with Crippen LogP contribution in [-0.2, 0) is 4.79 Å². The number of para-hydroxylation sites is 1. The highest BCUT2D eigenvalue weighted by Gasteiger charge is 2.25. The van der Waals surface area contributed by atoms with Crippen LogP contribution in [0.15, 0.2) is 42.5 Å². The lowest BCUT2D eigenvalue weighted by molar-refractivity contribution is -0.122. The quantitative estimate of drug-likeness (QED) is 0.659. The normalized spacial score (nSPS) is 14.4. The van der Waals surface area contributed by atoms with Crippen LogP contribution in [0.1, 0.15) is 47.2 Å². The molecule has 2 amide bonds. The first-order valence-corrected chi connectivity index (χ1v) is 10.9. The molecule has 30 heavy (non-hydrogen) atoms. The first-order chi connectivity index (χ1) is 14.5. The van der Waals surface area contributed by atoms with E-state index in [1.54, 1.807) is 12.1 Å². The Balaban J connectivity index is 1.37. The number of carbonyl (C=O) groups is 2. The topological polar surface area (TPSA) is 58.6 Å². The van der Waals surface area contributed by atoms with Gasteiger partial charge < -0.3 is 15.0 Å². The van der Waals surface area contributed by atoms with Gasteiger partial charge in [-0.1, -0.05) is 41.9 Å². The smallest absolute Gasteiger partial charge is 0.255 e. The Hall–Kier alpha value is -2.53. The summed E-state index contributed by atoms with van der Waals surface area (Å²) in [6, 6.07) is 13.3. The van der Waals surface area contributed by atoms with Gasteiger partial charge in [0.15, 0.2) is 0 Å². The molecule has 1 N–H and O–H groups in total. The van der Waals surface area contributed by atoms with Gasteiger partial charge in [0.25, 0.3) is 5.91 Å². The molecule has 0 aromatic heterocycles. The van der Waals surface area contributed by atoms with Crippen molar-refractivity contribution in [3.8, 4) is 5.75 Å². The molecule has 0 atom stereocenters. The van der Waals surface area contributed by atoms with E-state index in [1.807, 2.05) is 49.1 Å². The maximum absolute atomic E-state index is 12.6. The van der Waals surface area contributed by atoms with Crippen molar-refractivity contribution in [2.45, 2.75) is 45.6 Å². The van der Waals surface area contributed by atoms with E-state index in [9.17, 15) is 9.59 Å². The van der Waals surface area contributed by atoms with E-state index in [4.69, 9.17) is 16.3 Å². The minimum Gasteiger partial charge on any atom is -0.493 e. The lowest BCUT2D eigenvalue weighted by atomic mass is 10.0. The minimum absolute atomic E-state index is 0.0379. The van der Waals surface area contributed by atoms with E-state index in [1.165, 1.54) is 0 Å². The molecule has 0 bridgehead atoms. The molecule has 2 aromatic rings. The molecule has 6 heteroatoms. The number of hydrogen-bond acceptors (Lipinski definition) is 3. The zero-order valence-electron chi connectivity index (χ0n) is 17.6. The zero-order chi connectivity index (χ0) is 21.5. The summed E-state index contributed by atoms with van der Waals surface area (Å²) in [7, 11) is 0. The minimum atomic E-state index is -0.0472. The summed E-state index contributed by atoms with van der Waals surface area (Å²) in [5.74, 6) is 0.901. The SMILES string of the molecule is Cc1cccc(C)c1OCCCC(=O)NC1CCN(C(=O)c2ccccc2Cl)CC1. The summed E-state index contributed by atoms with van der Waals surface area (Å²) >= 11 is 6.14. The van der Waals surface area contributed by atoms with Gasteiger partial charge in [-0.05, 0) is 56.4 Å². The summed E-state index contributed by atoms with van der Waals surface area (Å²) < 4.78 is 5.87. The first kappa shape index (κ1) is 22.2. The molecule has 1 aliphatic heterocycles. The van der Waals surface area contributed by atoms with Crippen LogP contribution in [0.2, 0.25) is 5.02 Å². The number of nitrogens with one attached hydrogen (secondary N) is 1. The molecule has 2 aromatic carbocycles. The summed E-state index contributed by atoms with van der Waals surface area (Å²) in [6.07, 6.45) is 2.61. The zero-order valence-corrected chi connectivity index (χ0v) is 18.4. The summed E-state index contributed by atoms with van der Waals surface area (Å²) in [6.45, 7) is 5.80. The standard InChI is InChI=1S/C24H29ClN2O3/c1-17-7-5-8-18(2)23(17)30-16-6-11-22(28)26-19-12-14-27(15-13-19)24(29)20-9-3-4-10-21(20)25/h3-5,7-10,19H,6,11-16H2,1-2H3,(H,26,28). The van der Waals surface area contributed by atoms with Gasteiger partial charge in [-0.2, -0.15) is 0 Å². The second kappa shape index (κ2) is 10.5. The summed E-state index contributed by atoms with van der Waals surface area (Å²) in [4.78, 5) is 26.7. The molecule has 3 rings (SSSR count). The number of amides is 2. The number of carbonyl (C=O) groups excluding carboxylic acids is 2. The average molecular weight is 429 g/mol. The number of likely N-dealkylation sites (tertiary alicyclic amines) is 1. The van der Waals surface area contributed by atoms with Crippen molar-refractivity contribution in [2.75, 3.05) is 19.7 Å². The van der Waals surface area contributed by atoms with E-state index >= 15 is 0 Å². The van der Waals surface area contributed by atoms with Gasteiger partial charge in [-0.25, -0.2) is 0 Å². The number of ether oxygens (including phenoxy) is 1. The largest absolute Gasteiger partial charge is 0.493 e. The van der Waals surface area contributed by atoms with Crippen molar-refractivity contribution < 1.29 is 14.3 Å². The van der Waals surface area contributed by atoms with E-state index < -0.39 is 0 Å². The maximum Gasteiger partial charge on any atom is 0.255 e. The van der Waals surface area contributed by atoms with E-state index in [2.05, 4.69) is 5.32 Å². The average Bonchev–Trinajstić information content (AvgIpc) is 2.73. The van der Waals surface area contributed by atoms with Gasteiger partial charge in [0.05, 0.1) is 17.2 Å². The first-order valence-electron chi connectivity index (χ1n) is 10.5. The number of benzene rings is 2. The second-order valence-corrected chi connectivity index (χ2v) is 8.19. The highest BCUT2D eigenvalue weighted by molar-refractivity contribution is 6.33. The Morgan fingerprint density at radius 1 is 1.07 bits per heavy atom. The van der Waals surface area contributed by atoms with Gasteiger partial charge in [-0.15, -0.1) is 0 Å². The second-order valence-electron chi connectivity index (χ2n) is 7.79. The summed E-state index contributed by atoms with van der Waals surface area (Å²) in [5.41, 5.74) is 2.75. The molecular formula is C24H29ClN2O3. The predicted molar refractivity (Wildman–Crippen MR) is 119 cm³/mol.